The topological polar surface area (TPSA) is 115 Å². The van der Waals surface area contributed by atoms with Crippen LogP contribution in [0.3, 0.4) is 0 Å². The van der Waals surface area contributed by atoms with E-state index >= 15 is 0 Å². The zero-order chi connectivity index (χ0) is 26.2. The van der Waals surface area contributed by atoms with Crippen LogP contribution in [0.5, 0.6) is 0 Å². The van der Waals surface area contributed by atoms with Crippen LogP contribution >= 0.6 is 0 Å². The lowest BCUT2D eigenvalue weighted by Gasteiger charge is -2.28. The molecule has 1 aliphatic heterocycles. The Kier molecular flexibility index (Phi) is 6.19. The van der Waals surface area contributed by atoms with Gasteiger partial charge < -0.3 is 15.2 Å². The Bertz CT molecular complexity index is 1640. The molecular weight excluding hydrogens is 488 g/mol. The van der Waals surface area contributed by atoms with Crippen LogP contribution in [0.15, 0.2) is 49.1 Å². The van der Waals surface area contributed by atoms with E-state index in [-0.39, 0.29) is 11.8 Å². The second-order valence-electron chi connectivity index (χ2n) is 10.8. The fourth-order valence-corrected chi connectivity index (χ4v) is 6.07. The molecule has 1 aliphatic carbocycles. The van der Waals surface area contributed by atoms with Gasteiger partial charge in [-0.15, -0.1) is 0 Å². The van der Waals surface area contributed by atoms with E-state index in [2.05, 4.69) is 47.5 Å². The van der Waals surface area contributed by atoms with Crippen molar-refractivity contribution in [1.29, 1.82) is 0 Å². The van der Waals surface area contributed by atoms with E-state index in [1.165, 1.54) is 25.7 Å². The van der Waals surface area contributed by atoms with Gasteiger partial charge in [0.25, 0.3) is 0 Å². The maximum Gasteiger partial charge on any atom is 0.227 e. The Morgan fingerprint density at radius 1 is 0.897 bits per heavy atom. The molecule has 0 unspecified atom stereocenters. The molecule has 0 bridgehead atoms. The standard InChI is InChI=1S/C30H32N8O/c39-30(19-7-3-1-4-8-19)34-22-13-20(16-31-18-22)21-14-24-27(36-37-28(24)33-17-21)26-15-23-25(35-26)9-10-32-29(23)38-11-5-2-6-12-38/h9-10,13-19,35H,1-8,11-12H2,(H,34,39)(H,33,36,37). The number of piperidine rings is 1. The molecule has 9 nitrogen and oxygen atoms in total. The number of nitrogens with one attached hydrogen (secondary N) is 3. The second kappa shape index (κ2) is 10.1. The van der Waals surface area contributed by atoms with Gasteiger partial charge in [0.2, 0.25) is 5.91 Å². The number of pyridine rings is 3. The normalized spacial score (nSPS) is 16.7. The molecule has 1 saturated carbocycles. The van der Waals surface area contributed by atoms with Gasteiger partial charge >= 0.3 is 0 Å². The summed E-state index contributed by atoms with van der Waals surface area (Å²) < 4.78 is 0. The summed E-state index contributed by atoms with van der Waals surface area (Å²) >= 11 is 0. The number of hydrogen-bond donors (Lipinski definition) is 3. The number of carbonyl (C=O) groups is 1. The highest BCUT2D eigenvalue weighted by Gasteiger charge is 2.22. The molecule has 7 rings (SSSR count). The summed E-state index contributed by atoms with van der Waals surface area (Å²) in [5.41, 5.74) is 6.03. The molecule has 0 radical (unpaired) electrons. The molecule has 2 aliphatic rings. The van der Waals surface area contributed by atoms with Crippen molar-refractivity contribution in [3.05, 3.63) is 49.1 Å². The van der Waals surface area contributed by atoms with E-state index in [0.29, 0.717) is 5.69 Å². The first-order valence-corrected chi connectivity index (χ1v) is 14.1. The average molecular weight is 521 g/mol. The zero-order valence-electron chi connectivity index (χ0n) is 21.9. The second-order valence-corrected chi connectivity index (χ2v) is 10.8. The van der Waals surface area contributed by atoms with Gasteiger partial charge in [0.15, 0.2) is 5.65 Å². The maximum absolute atomic E-state index is 12.8. The van der Waals surface area contributed by atoms with Crippen LogP contribution < -0.4 is 10.2 Å². The van der Waals surface area contributed by atoms with Gasteiger partial charge in [-0.25, -0.2) is 9.97 Å². The zero-order valence-corrected chi connectivity index (χ0v) is 21.9. The molecule has 198 valence electrons. The third-order valence-corrected chi connectivity index (χ3v) is 8.17. The minimum atomic E-state index is 0.0934. The highest BCUT2D eigenvalue weighted by atomic mass is 16.1. The van der Waals surface area contributed by atoms with Gasteiger partial charge in [0, 0.05) is 59.5 Å². The summed E-state index contributed by atoms with van der Waals surface area (Å²) in [6.07, 6.45) is 16.3. The smallest absolute Gasteiger partial charge is 0.227 e. The van der Waals surface area contributed by atoms with Crippen LogP contribution in [0.25, 0.3) is 44.5 Å². The summed E-state index contributed by atoms with van der Waals surface area (Å²) in [6.45, 7) is 2.08. The number of amides is 1. The molecule has 6 heterocycles. The van der Waals surface area contributed by atoms with Crippen molar-refractivity contribution in [2.75, 3.05) is 23.3 Å². The summed E-state index contributed by atoms with van der Waals surface area (Å²) in [5.74, 6) is 1.22. The van der Waals surface area contributed by atoms with Crippen molar-refractivity contribution in [2.24, 2.45) is 5.92 Å². The highest BCUT2D eigenvalue weighted by Crippen LogP contribution is 2.34. The number of nitrogens with zero attached hydrogens (tertiary/aromatic N) is 5. The molecule has 39 heavy (non-hydrogen) atoms. The van der Waals surface area contributed by atoms with E-state index in [9.17, 15) is 4.79 Å². The first kappa shape index (κ1) is 23.8. The number of rotatable bonds is 5. The molecule has 1 saturated heterocycles. The first-order chi connectivity index (χ1) is 19.2. The number of anilines is 2. The van der Waals surface area contributed by atoms with Crippen LogP contribution in [0.4, 0.5) is 11.5 Å². The number of aromatic amines is 2. The highest BCUT2D eigenvalue weighted by molar-refractivity contribution is 5.99. The minimum Gasteiger partial charge on any atom is -0.356 e. The van der Waals surface area contributed by atoms with Gasteiger partial charge in [0.1, 0.15) is 11.5 Å². The van der Waals surface area contributed by atoms with E-state index in [0.717, 1.165) is 89.0 Å². The predicted octanol–water partition coefficient (Wildman–Crippen LogP) is 6.07. The Morgan fingerprint density at radius 2 is 1.72 bits per heavy atom. The van der Waals surface area contributed by atoms with Crippen LogP contribution in [0, 0.1) is 5.92 Å². The largest absolute Gasteiger partial charge is 0.356 e. The lowest BCUT2D eigenvalue weighted by molar-refractivity contribution is -0.120. The van der Waals surface area contributed by atoms with Crippen LogP contribution in [-0.4, -0.2) is 49.1 Å². The number of hydrogen-bond acceptors (Lipinski definition) is 6. The number of H-pyrrole nitrogens is 2. The fourth-order valence-electron chi connectivity index (χ4n) is 6.07. The van der Waals surface area contributed by atoms with Crippen LogP contribution in [-0.2, 0) is 4.79 Å². The molecule has 5 aromatic heterocycles. The molecule has 5 aromatic rings. The van der Waals surface area contributed by atoms with Crippen LogP contribution in [0.2, 0.25) is 0 Å². The third-order valence-electron chi connectivity index (χ3n) is 8.17. The Morgan fingerprint density at radius 3 is 2.59 bits per heavy atom. The Labute approximate surface area is 226 Å². The monoisotopic (exact) mass is 520 g/mol. The third kappa shape index (κ3) is 4.62. The first-order valence-electron chi connectivity index (χ1n) is 14.1. The Balaban J connectivity index is 1.20. The van der Waals surface area contributed by atoms with Crippen LogP contribution in [0.1, 0.15) is 51.4 Å². The summed E-state index contributed by atoms with van der Waals surface area (Å²) in [4.78, 5) is 32.5. The number of fused-ring (bicyclic) bond motifs is 2. The summed E-state index contributed by atoms with van der Waals surface area (Å²) in [5, 5.41) is 12.8. The van der Waals surface area contributed by atoms with Crippen molar-refractivity contribution < 1.29 is 4.79 Å². The molecule has 9 heteroatoms. The van der Waals surface area contributed by atoms with Gasteiger partial charge in [-0.3, -0.25) is 14.9 Å². The Hall–Kier alpha value is -4.27. The van der Waals surface area contributed by atoms with Gasteiger partial charge in [-0.2, -0.15) is 5.10 Å². The summed E-state index contributed by atoms with van der Waals surface area (Å²) in [6, 6.07) is 8.22. The molecule has 3 N–H and O–H groups in total. The quantitative estimate of drug-likeness (QED) is 0.259. The van der Waals surface area contributed by atoms with E-state index < -0.39 is 0 Å². The molecule has 2 fully saturated rings. The molecule has 0 spiro atoms. The molecule has 0 aromatic carbocycles. The predicted molar refractivity (Wildman–Crippen MR) is 153 cm³/mol. The summed E-state index contributed by atoms with van der Waals surface area (Å²) in [7, 11) is 0. The molecular formula is C30H32N8O. The molecule has 0 atom stereocenters. The van der Waals surface area contributed by atoms with Crippen molar-refractivity contribution >= 4 is 39.3 Å². The lowest BCUT2D eigenvalue weighted by atomic mass is 9.88. The van der Waals surface area contributed by atoms with Gasteiger partial charge in [-0.05, 0) is 56.4 Å². The van der Waals surface area contributed by atoms with Crippen molar-refractivity contribution in [1.82, 2.24) is 30.1 Å². The minimum absolute atomic E-state index is 0.0934. The SMILES string of the molecule is O=C(Nc1cncc(-c2cnc3[nH]nc(-c4cc5c(N6CCCCC6)nccc5[nH]4)c3c2)c1)C1CCCCC1. The van der Waals surface area contributed by atoms with Crippen molar-refractivity contribution in [2.45, 2.75) is 51.4 Å². The van der Waals surface area contributed by atoms with E-state index in [1.54, 1.807) is 12.4 Å². The maximum atomic E-state index is 12.8. The van der Waals surface area contributed by atoms with Gasteiger partial charge in [0.05, 0.1) is 23.1 Å². The van der Waals surface area contributed by atoms with E-state index in [4.69, 9.17) is 4.98 Å². The van der Waals surface area contributed by atoms with Gasteiger partial charge in [-0.1, -0.05) is 19.3 Å². The van der Waals surface area contributed by atoms with Crippen molar-refractivity contribution in [3.63, 3.8) is 0 Å². The lowest BCUT2D eigenvalue weighted by Crippen LogP contribution is -2.30. The van der Waals surface area contributed by atoms with E-state index in [1.807, 2.05) is 24.5 Å². The average Bonchev–Trinajstić information content (AvgIpc) is 3.62. The fraction of sp³-hybridized carbons (Fsp3) is 0.367. The van der Waals surface area contributed by atoms with Crippen molar-refractivity contribution in [3.8, 4) is 22.5 Å². The number of aromatic nitrogens is 6. The molecule has 1 amide bonds. The number of carbonyl (C=O) groups excluding carboxylic acids is 1.